The van der Waals surface area contributed by atoms with Crippen molar-refractivity contribution in [2.24, 2.45) is 0 Å². The summed E-state index contributed by atoms with van der Waals surface area (Å²) in [6.45, 7) is 4.88. The first-order chi connectivity index (χ1) is 13.1. The first-order valence-electron chi connectivity index (χ1n) is 8.77. The molecule has 148 valence electrons. The maximum absolute atomic E-state index is 6.43. The first kappa shape index (κ1) is 22.1. The lowest BCUT2D eigenvalue weighted by Crippen LogP contribution is -2.16. The van der Waals surface area contributed by atoms with Crippen molar-refractivity contribution in [3.63, 3.8) is 0 Å². The van der Waals surface area contributed by atoms with Crippen molar-refractivity contribution in [3.8, 4) is 11.5 Å². The first-order valence-corrected chi connectivity index (χ1v) is 9.90. The standard InChI is InChI=1S/C20H24Cl3NO3/c1-3-26-19-10-14(12-24-8-5-9-25-2)18(23)11-20(19)27-13-15-16(21)6-4-7-17(15)22/h4,6-7,10-11,24H,3,5,8-9,12-13H2,1-2H3. The Labute approximate surface area is 175 Å². The second-order valence-corrected chi connectivity index (χ2v) is 7.06. The van der Waals surface area contributed by atoms with E-state index in [9.17, 15) is 0 Å². The van der Waals surface area contributed by atoms with Crippen molar-refractivity contribution < 1.29 is 14.2 Å². The summed E-state index contributed by atoms with van der Waals surface area (Å²) in [5.41, 5.74) is 1.67. The fourth-order valence-corrected chi connectivity index (χ4v) is 3.21. The molecule has 0 bridgehead atoms. The van der Waals surface area contributed by atoms with E-state index in [4.69, 9.17) is 49.0 Å². The number of halogens is 3. The molecule has 7 heteroatoms. The molecule has 0 spiro atoms. The molecule has 1 N–H and O–H groups in total. The Balaban J connectivity index is 2.10. The van der Waals surface area contributed by atoms with Gasteiger partial charge in [-0.25, -0.2) is 0 Å². The summed E-state index contributed by atoms with van der Waals surface area (Å²) in [7, 11) is 1.69. The molecular formula is C20H24Cl3NO3. The molecule has 0 heterocycles. The van der Waals surface area contributed by atoms with Gasteiger partial charge in [0.05, 0.1) is 6.61 Å². The fourth-order valence-electron chi connectivity index (χ4n) is 2.48. The Morgan fingerprint density at radius 2 is 1.67 bits per heavy atom. The van der Waals surface area contributed by atoms with Gasteiger partial charge in [-0.2, -0.15) is 0 Å². The number of benzene rings is 2. The molecule has 27 heavy (non-hydrogen) atoms. The van der Waals surface area contributed by atoms with Crippen LogP contribution in [0.1, 0.15) is 24.5 Å². The number of ether oxygens (including phenoxy) is 3. The molecule has 2 aromatic carbocycles. The predicted molar refractivity (Wildman–Crippen MR) is 112 cm³/mol. The lowest BCUT2D eigenvalue weighted by Gasteiger charge is -2.16. The average Bonchev–Trinajstić information content (AvgIpc) is 2.64. The molecule has 0 fully saturated rings. The molecule has 0 saturated heterocycles. The highest BCUT2D eigenvalue weighted by molar-refractivity contribution is 6.36. The van der Waals surface area contributed by atoms with Gasteiger partial charge >= 0.3 is 0 Å². The summed E-state index contributed by atoms with van der Waals surface area (Å²) >= 11 is 18.8. The number of rotatable bonds is 11. The largest absolute Gasteiger partial charge is 0.490 e. The van der Waals surface area contributed by atoms with Gasteiger partial charge in [-0.05, 0) is 43.7 Å². The maximum atomic E-state index is 6.43. The molecule has 0 aliphatic heterocycles. The Kier molecular flexibility index (Phi) is 9.52. The molecule has 0 radical (unpaired) electrons. The molecule has 0 amide bonds. The number of methoxy groups -OCH3 is 1. The van der Waals surface area contributed by atoms with Crippen molar-refractivity contribution in [1.29, 1.82) is 0 Å². The molecule has 0 aliphatic carbocycles. The fraction of sp³-hybridized carbons (Fsp3) is 0.400. The zero-order valence-corrected chi connectivity index (χ0v) is 17.8. The predicted octanol–water partition coefficient (Wildman–Crippen LogP) is 5.75. The van der Waals surface area contributed by atoms with E-state index in [2.05, 4.69) is 5.32 Å². The molecule has 2 rings (SSSR count). The van der Waals surface area contributed by atoms with E-state index in [1.807, 2.05) is 13.0 Å². The monoisotopic (exact) mass is 431 g/mol. The molecule has 0 unspecified atom stereocenters. The SMILES string of the molecule is CCOc1cc(CNCCCOC)c(Cl)cc1OCc1c(Cl)cccc1Cl. The minimum Gasteiger partial charge on any atom is -0.490 e. The topological polar surface area (TPSA) is 39.7 Å². The van der Waals surface area contributed by atoms with Gasteiger partial charge in [0.15, 0.2) is 11.5 Å². The highest BCUT2D eigenvalue weighted by atomic mass is 35.5. The van der Waals surface area contributed by atoms with Crippen LogP contribution >= 0.6 is 34.8 Å². The van der Waals surface area contributed by atoms with Gasteiger partial charge in [0.2, 0.25) is 0 Å². The maximum Gasteiger partial charge on any atom is 0.163 e. The van der Waals surface area contributed by atoms with Crippen molar-refractivity contribution in [2.75, 3.05) is 26.9 Å². The minimum absolute atomic E-state index is 0.226. The molecule has 0 saturated carbocycles. The van der Waals surface area contributed by atoms with Crippen LogP contribution in [-0.4, -0.2) is 26.9 Å². The average molecular weight is 433 g/mol. The molecule has 4 nitrogen and oxygen atoms in total. The Hall–Kier alpha value is -1.17. The van der Waals surface area contributed by atoms with Crippen LogP contribution in [0.15, 0.2) is 30.3 Å². The van der Waals surface area contributed by atoms with Crippen LogP contribution in [0.5, 0.6) is 11.5 Å². The summed E-state index contributed by atoms with van der Waals surface area (Å²) in [5.74, 6) is 1.19. The van der Waals surface area contributed by atoms with Crippen LogP contribution in [0, 0.1) is 0 Å². The molecule has 2 aromatic rings. The van der Waals surface area contributed by atoms with Crippen LogP contribution in [0.3, 0.4) is 0 Å². The van der Waals surface area contributed by atoms with Gasteiger partial charge in [-0.15, -0.1) is 0 Å². The van der Waals surface area contributed by atoms with Crippen molar-refractivity contribution in [1.82, 2.24) is 5.32 Å². The van der Waals surface area contributed by atoms with Crippen molar-refractivity contribution in [2.45, 2.75) is 26.5 Å². The second-order valence-electron chi connectivity index (χ2n) is 5.84. The van der Waals surface area contributed by atoms with Gasteiger partial charge in [0, 0.05) is 47.0 Å². The summed E-state index contributed by atoms with van der Waals surface area (Å²) in [6, 6.07) is 9.02. The normalized spacial score (nSPS) is 10.9. The highest BCUT2D eigenvalue weighted by Gasteiger charge is 2.13. The van der Waals surface area contributed by atoms with E-state index in [1.54, 1.807) is 31.4 Å². The van der Waals surface area contributed by atoms with E-state index < -0.39 is 0 Å². The van der Waals surface area contributed by atoms with E-state index >= 15 is 0 Å². The number of hydrogen-bond donors (Lipinski definition) is 1. The summed E-state index contributed by atoms with van der Waals surface area (Å²) in [4.78, 5) is 0. The Morgan fingerprint density at radius 1 is 0.963 bits per heavy atom. The van der Waals surface area contributed by atoms with Crippen LogP contribution in [0.25, 0.3) is 0 Å². The summed E-state index contributed by atoms with van der Waals surface area (Å²) in [6.07, 6.45) is 0.937. The van der Waals surface area contributed by atoms with Crippen molar-refractivity contribution >= 4 is 34.8 Å². The third kappa shape index (κ3) is 6.74. The van der Waals surface area contributed by atoms with Crippen LogP contribution in [-0.2, 0) is 17.9 Å². The number of hydrogen-bond acceptors (Lipinski definition) is 4. The van der Waals surface area contributed by atoms with Gasteiger partial charge in [-0.3, -0.25) is 0 Å². The Morgan fingerprint density at radius 3 is 2.33 bits per heavy atom. The smallest absolute Gasteiger partial charge is 0.163 e. The summed E-state index contributed by atoms with van der Waals surface area (Å²) in [5, 5.41) is 5.07. The summed E-state index contributed by atoms with van der Waals surface area (Å²) < 4.78 is 16.7. The molecular weight excluding hydrogens is 409 g/mol. The van der Waals surface area contributed by atoms with E-state index in [-0.39, 0.29) is 6.61 Å². The number of nitrogens with one attached hydrogen (secondary N) is 1. The quantitative estimate of drug-likeness (QED) is 0.459. The second kappa shape index (κ2) is 11.6. The third-order valence-electron chi connectivity index (χ3n) is 3.86. The highest BCUT2D eigenvalue weighted by Crippen LogP contribution is 2.35. The third-order valence-corrected chi connectivity index (χ3v) is 4.92. The van der Waals surface area contributed by atoms with E-state index in [0.717, 1.165) is 30.7 Å². The van der Waals surface area contributed by atoms with Gasteiger partial charge in [0.25, 0.3) is 0 Å². The van der Waals surface area contributed by atoms with E-state index in [1.165, 1.54) is 0 Å². The zero-order chi connectivity index (χ0) is 19.6. The van der Waals surface area contributed by atoms with Crippen LogP contribution in [0.2, 0.25) is 15.1 Å². The van der Waals surface area contributed by atoms with Crippen molar-refractivity contribution in [3.05, 3.63) is 56.5 Å². The van der Waals surface area contributed by atoms with Crippen LogP contribution < -0.4 is 14.8 Å². The lowest BCUT2D eigenvalue weighted by molar-refractivity contribution is 0.194. The Bertz CT molecular complexity index is 720. The molecule has 0 aromatic heterocycles. The van der Waals surface area contributed by atoms with Gasteiger partial charge in [-0.1, -0.05) is 40.9 Å². The minimum atomic E-state index is 0.226. The zero-order valence-electron chi connectivity index (χ0n) is 15.5. The molecule has 0 aliphatic rings. The lowest BCUT2D eigenvalue weighted by atomic mass is 10.2. The van der Waals surface area contributed by atoms with Gasteiger partial charge in [0.1, 0.15) is 6.61 Å². The van der Waals surface area contributed by atoms with E-state index in [0.29, 0.717) is 39.7 Å². The van der Waals surface area contributed by atoms with Crippen LogP contribution in [0.4, 0.5) is 0 Å². The molecule has 0 atom stereocenters. The van der Waals surface area contributed by atoms with Gasteiger partial charge < -0.3 is 19.5 Å².